The molecule has 0 unspecified atom stereocenters. The summed E-state index contributed by atoms with van der Waals surface area (Å²) in [6, 6.07) is -1.15. The maximum atomic E-state index is 12.3. The van der Waals surface area contributed by atoms with Gasteiger partial charge < -0.3 is 79.5 Å². The van der Waals surface area contributed by atoms with Crippen LogP contribution in [-0.4, -0.2) is 196 Å². The number of nitrogens with one attached hydrogen (secondary N) is 5. The van der Waals surface area contributed by atoms with Crippen LogP contribution < -0.4 is 26.6 Å². The third-order valence-electron chi connectivity index (χ3n) is 9.99. The number of carboxylic acids is 2. The molecule has 0 aliphatic rings. The van der Waals surface area contributed by atoms with E-state index in [1.807, 2.05) is 0 Å². The van der Waals surface area contributed by atoms with Crippen molar-refractivity contribution >= 4 is 47.8 Å². The minimum atomic E-state index is -1.19. The third-order valence-corrected chi connectivity index (χ3v) is 9.99. The van der Waals surface area contributed by atoms with Crippen molar-refractivity contribution in [1.82, 2.24) is 26.6 Å². The summed E-state index contributed by atoms with van der Waals surface area (Å²) in [5.74, 6) is -3.56. The summed E-state index contributed by atoms with van der Waals surface area (Å²) in [7, 11) is 0. The average Bonchev–Trinajstić information content (AvgIpc) is 3.33. The van der Waals surface area contributed by atoms with Crippen molar-refractivity contribution in [3.63, 3.8) is 0 Å². The Morgan fingerprint density at radius 1 is 0.371 bits per heavy atom. The van der Waals surface area contributed by atoms with Gasteiger partial charge in [-0.2, -0.15) is 0 Å². The molecule has 0 aliphatic heterocycles. The van der Waals surface area contributed by atoms with Crippen molar-refractivity contribution in [3.05, 3.63) is 0 Å². The van der Waals surface area contributed by atoms with E-state index in [2.05, 4.69) is 26.6 Å². The summed E-state index contributed by atoms with van der Waals surface area (Å²) in [5.41, 5.74) is 0. The normalized spacial score (nSPS) is 11.4. The minimum Gasteiger partial charge on any atom is -0.481 e. The number of hydrogen-bond acceptors (Lipinski definition) is 16. The van der Waals surface area contributed by atoms with Gasteiger partial charge in [0.25, 0.3) is 0 Å². The number of hydrogen-bond donors (Lipinski definition) is 7. The van der Waals surface area contributed by atoms with Gasteiger partial charge in [-0.1, -0.05) is 77.0 Å². The Kier molecular flexibility index (Phi) is 47.8. The molecule has 0 saturated carbocycles. The quantitative estimate of drug-likeness (QED) is 0.0335. The fraction of sp³-hybridized carbons (Fsp3) is 0.830. The Morgan fingerprint density at radius 2 is 0.700 bits per heavy atom. The van der Waals surface area contributed by atoms with Crippen LogP contribution in [0, 0.1) is 0 Å². The highest BCUT2D eigenvalue weighted by atomic mass is 16.5. The van der Waals surface area contributed by atoms with E-state index >= 15 is 0 Å². The van der Waals surface area contributed by atoms with Crippen LogP contribution in [0.25, 0.3) is 0 Å². The van der Waals surface area contributed by atoms with E-state index in [9.17, 15) is 43.5 Å². The van der Waals surface area contributed by atoms with Gasteiger partial charge in [0.2, 0.25) is 29.5 Å². The summed E-state index contributed by atoms with van der Waals surface area (Å²) in [5, 5.41) is 31.3. The van der Waals surface area contributed by atoms with Crippen LogP contribution in [0.1, 0.15) is 116 Å². The average molecular weight is 1010 g/mol. The van der Waals surface area contributed by atoms with Crippen LogP contribution in [-0.2, 0) is 76.3 Å². The maximum absolute atomic E-state index is 12.3. The third kappa shape index (κ3) is 50.0. The van der Waals surface area contributed by atoms with Crippen molar-refractivity contribution < 1.29 is 86.5 Å². The highest BCUT2D eigenvalue weighted by Gasteiger charge is 2.21. The molecule has 0 fully saturated rings. The van der Waals surface area contributed by atoms with Crippen molar-refractivity contribution in [3.8, 4) is 0 Å². The molecule has 0 heterocycles. The number of aliphatic carboxylic acids is 2. The summed E-state index contributed by atoms with van der Waals surface area (Å²) in [4.78, 5) is 92.4. The summed E-state index contributed by atoms with van der Waals surface area (Å²) in [6.07, 6.45) is 16.0. The van der Waals surface area contributed by atoms with Crippen LogP contribution >= 0.6 is 0 Å². The van der Waals surface area contributed by atoms with Gasteiger partial charge in [-0.3, -0.25) is 28.8 Å². The number of ether oxygens (including phenoxy) is 8. The van der Waals surface area contributed by atoms with Gasteiger partial charge in [0.1, 0.15) is 38.8 Å². The molecular weight excluding hydrogens is 923 g/mol. The lowest BCUT2D eigenvalue weighted by molar-refractivity contribution is -0.142. The molecule has 23 nitrogen and oxygen atoms in total. The molecule has 0 radical (unpaired) electrons. The number of carbonyl (C=O) groups is 8. The minimum absolute atomic E-state index is 0.0258. The first-order valence-electron chi connectivity index (χ1n) is 24.9. The van der Waals surface area contributed by atoms with E-state index in [1.54, 1.807) is 0 Å². The number of carboxylic acid groups (broad SMARTS) is 2. The molecule has 0 saturated heterocycles. The second kappa shape index (κ2) is 51.0. The predicted octanol–water partition coefficient (Wildman–Crippen LogP) is 1.46. The molecule has 406 valence electrons. The first-order valence-corrected chi connectivity index (χ1v) is 24.9. The van der Waals surface area contributed by atoms with E-state index in [4.69, 9.17) is 43.0 Å². The zero-order chi connectivity index (χ0) is 51.4. The zero-order valence-corrected chi connectivity index (χ0v) is 41.5. The molecule has 0 bridgehead atoms. The number of rotatable bonds is 54. The molecule has 0 aromatic carbocycles. The molecule has 0 aromatic heterocycles. The second-order valence-corrected chi connectivity index (χ2v) is 16.1. The van der Waals surface area contributed by atoms with E-state index in [1.165, 1.54) is 38.5 Å². The Labute approximate surface area is 413 Å². The summed E-state index contributed by atoms with van der Waals surface area (Å²) < 4.78 is 42.1. The van der Waals surface area contributed by atoms with Crippen molar-refractivity contribution in [2.75, 3.05) is 132 Å². The van der Waals surface area contributed by atoms with Gasteiger partial charge >= 0.3 is 11.9 Å². The molecule has 1 atom stereocenters. The molecule has 0 aliphatic carbocycles. The Bertz CT molecular complexity index is 1360. The highest BCUT2D eigenvalue weighted by Crippen LogP contribution is 2.14. The van der Waals surface area contributed by atoms with E-state index in [-0.39, 0.29) is 161 Å². The van der Waals surface area contributed by atoms with Crippen molar-refractivity contribution in [2.24, 2.45) is 0 Å². The second-order valence-electron chi connectivity index (χ2n) is 16.1. The van der Waals surface area contributed by atoms with Gasteiger partial charge in [-0.05, 0) is 19.3 Å². The summed E-state index contributed by atoms with van der Waals surface area (Å²) in [6.45, 7) is 3.40. The largest absolute Gasteiger partial charge is 0.481 e. The fourth-order valence-corrected chi connectivity index (χ4v) is 6.28. The topological polar surface area (TPSA) is 311 Å². The number of carbonyl (C=O) groups excluding carboxylic acids is 6. The lowest BCUT2D eigenvalue weighted by Gasteiger charge is -2.14. The van der Waals surface area contributed by atoms with Crippen LogP contribution in [0.3, 0.4) is 0 Å². The Balaban J connectivity index is 3.59. The van der Waals surface area contributed by atoms with Gasteiger partial charge in [0.15, 0.2) is 0 Å². The molecule has 7 N–H and O–H groups in total. The lowest BCUT2D eigenvalue weighted by atomic mass is 10.0. The van der Waals surface area contributed by atoms with E-state index in [0.29, 0.717) is 39.1 Å². The number of amides is 5. The first kappa shape index (κ1) is 65.6. The van der Waals surface area contributed by atoms with Crippen LogP contribution in [0.15, 0.2) is 0 Å². The molecule has 0 spiro atoms. The number of aldehydes is 1. The fourth-order valence-electron chi connectivity index (χ4n) is 6.28. The van der Waals surface area contributed by atoms with Crippen LogP contribution in [0.2, 0.25) is 0 Å². The predicted molar refractivity (Wildman–Crippen MR) is 255 cm³/mol. The highest BCUT2D eigenvalue weighted by molar-refractivity contribution is 5.84. The maximum Gasteiger partial charge on any atom is 0.326 e. The smallest absolute Gasteiger partial charge is 0.326 e. The molecule has 23 heteroatoms. The van der Waals surface area contributed by atoms with Gasteiger partial charge in [-0.25, -0.2) is 4.79 Å². The van der Waals surface area contributed by atoms with Gasteiger partial charge in [0.05, 0.1) is 79.3 Å². The van der Waals surface area contributed by atoms with Crippen molar-refractivity contribution in [2.45, 2.75) is 122 Å². The Hall–Kier alpha value is -4.36. The van der Waals surface area contributed by atoms with E-state index < -0.39 is 18.0 Å². The van der Waals surface area contributed by atoms with Crippen LogP contribution in [0.4, 0.5) is 0 Å². The molecule has 5 amide bonds. The summed E-state index contributed by atoms with van der Waals surface area (Å²) >= 11 is 0. The lowest BCUT2D eigenvalue weighted by Crippen LogP contribution is -2.41. The van der Waals surface area contributed by atoms with Crippen molar-refractivity contribution in [1.29, 1.82) is 0 Å². The molecular formula is C47H85N5O18. The van der Waals surface area contributed by atoms with E-state index in [0.717, 1.165) is 44.9 Å². The standard InChI is InChI=1S/C47H85N5O18/c53-23-28-67-30-29-63-25-20-49-43(56)37-69-35-32-65-27-22-51-45(58)39-70-36-33-66-26-21-50-44(57)38-68-34-31-64-24-19-48-41(54)18-17-40(47(61)62)52-42(55)15-13-11-9-7-5-3-1-2-4-6-8-10-12-14-16-46(59)60/h23,40H,1-22,24-39H2,(H,48,54)(H,49,56)(H,50,57)(H,51,58)(H,52,55)(H,59,60)(H,61,62)/t40-/m0/s1. The van der Waals surface area contributed by atoms with Gasteiger partial charge in [0, 0.05) is 45.4 Å². The number of unbranched alkanes of at least 4 members (excludes halogenated alkanes) is 13. The van der Waals surface area contributed by atoms with Crippen LogP contribution in [0.5, 0.6) is 0 Å². The monoisotopic (exact) mass is 1010 g/mol. The zero-order valence-electron chi connectivity index (χ0n) is 41.5. The first-order chi connectivity index (χ1) is 34.0. The SMILES string of the molecule is O=CCOCCOCCNC(=O)COCCOCCNC(=O)COCCOCCNC(=O)COCCOCCNC(=O)CC[C@H](NC(=O)CCCCCCCCCCCCCCCCC(=O)O)C(=O)O. The van der Waals surface area contributed by atoms with Gasteiger partial charge in [-0.15, -0.1) is 0 Å². The molecule has 70 heavy (non-hydrogen) atoms. The Morgan fingerprint density at radius 3 is 1.06 bits per heavy atom. The molecule has 0 aromatic rings. The molecule has 0 rings (SSSR count).